The number of ether oxygens (including phenoxy) is 2. The van der Waals surface area contributed by atoms with E-state index in [0.29, 0.717) is 10.6 Å². The Morgan fingerprint density at radius 1 is 1.24 bits per heavy atom. The van der Waals surface area contributed by atoms with Crippen molar-refractivity contribution in [2.24, 2.45) is 0 Å². The van der Waals surface area contributed by atoms with E-state index in [1.165, 1.54) is 30.7 Å². The van der Waals surface area contributed by atoms with Crippen LogP contribution in [0.15, 0.2) is 17.0 Å². The maximum atomic E-state index is 12.7. The minimum atomic E-state index is -3.65. The maximum absolute atomic E-state index is 12.7. The summed E-state index contributed by atoms with van der Waals surface area (Å²) in [5.74, 6) is 0. The van der Waals surface area contributed by atoms with Crippen molar-refractivity contribution in [3.8, 4) is 0 Å². The highest BCUT2D eigenvalue weighted by atomic mass is 35.5. The molecule has 0 radical (unpaired) electrons. The van der Waals surface area contributed by atoms with E-state index in [9.17, 15) is 8.42 Å². The lowest BCUT2D eigenvalue weighted by Gasteiger charge is -2.17. The quantitative estimate of drug-likeness (QED) is 0.838. The van der Waals surface area contributed by atoms with Crippen LogP contribution < -0.4 is 5.73 Å². The van der Waals surface area contributed by atoms with Crippen molar-refractivity contribution < 1.29 is 17.9 Å². The number of sulfonamides is 1. The van der Waals surface area contributed by atoms with Crippen LogP contribution in [0.1, 0.15) is 5.56 Å². The molecule has 0 amide bonds. The van der Waals surface area contributed by atoms with E-state index in [0.717, 1.165) is 0 Å². The lowest BCUT2D eigenvalue weighted by Crippen LogP contribution is -2.30. The summed E-state index contributed by atoms with van der Waals surface area (Å²) in [6.45, 7) is 2.22. The van der Waals surface area contributed by atoms with Gasteiger partial charge < -0.3 is 15.2 Å². The summed E-state index contributed by atoms with van der Waals surface area (Å²) in [6.07, 6.45) is -0.564. The maximum Gasteiger partial charge on any atom is 0.243 e. The number of nitrogens with two attached hydrogens (primary N) is 1. The highest BCUT2D eigenvalue weighted by Gasteiger charge is 2.40. The molecule has 0 aliphatic carbocycles. The van der Waals surface area contributed by atoms with Crippen molar-refractivity contribution in [3.63, 3.8) is 0 Å². The molecule has 0 spiro atoms. The summed E-state index contributed by atoms with van der Waals surface area (Å²) in [6, 6.07) is 2.91. The van der Waals surface area contributed by atoms with Gasteiger partial charge in [-0.25, -0.2) is 8.42 Å². The Morgan fingerprint density at radius 2 is 1.76 bits per heavy atom. The van der Waals surface area contributed by atoms with Gasteiger partial charge in [0, 0.05) is 27.3 Å². The summed E-state index contributed by atoms with van der Waals surface area (Å²) in [5.41, 5.74) is 6.64. The molecule has 8 heteroatoms. The topological polar surface area (TPSA) is 81.9 Å². The molecule has 2 atom stereocenters. The van der Waals surface area contributed by atoms with Gasteiger partial charge in [-0.15, -0.1) is 0 Å². The summed E-state index contributed by atoms with van der Waals surface area (Å²) in [5, 5.41) is 0.375. The van der Waals surface area contributed by atoms with Crippen LogP contribution in [-0.2, 0) is 19.5 Å². The van der Waals surface area contributed by atoms with Gasteiger partial charge in [-0.2, -0.15) is 4.31 Å². The Bertz CT molecular complexity index is 600. The van der Waals surface area contributed by atoms with Crippen molar-refractivity contribution in [1.29, 1.82) is 0 Å². The fraction of sp³-hybridized carbons (Fsp3) is 0.538. The number of hydrogen-bond donors (Lipinski definition) is 1. The van der Waals surface area contributed by atoms with Crippen LogP contribution in [0.4, 0.5) is 5.69 Å². The molecule has 1 saturated heterocycles. The third-order valence-electron chi connectivity index (χ3n) is 3.68. The van der Waals surface area contributed by atoms with E-state index in [1.807, 2.05) is 0 Å². The molecular formula is C13H19ClN2O4S. The summed E-state index contributed by atoms with van der Waals surface area (Å²) in [4.78, 5) is 0.133. The number of anilines is 1. The minimum Gasteiger partial charge on any atom is -0.397 e. The van der Waals surface area contributed by atoms with E-state index in [1.54, 1.807) is 6.92 Å². The average Bonchev–Trinajstić information content (AvgIpc) is 2.88. The number of aryl methyl sites for hydroxylation is 1. The van der Waals surface area contributed by atoms with E-state index in [-0.39, 0.29) is 35.9 Å². The smallest absolute Gasteiger partial charge is 0.243 e. The van der Waals surface area contributed by atoms with Gasteiger partial charge in [0.2, 0.25) is 10.0 Å². The molecule has 1 aromatic carbocycles. The van der Waals surface area contributed by atoms with Crippen molar-refractivity contribution in [2.75, 3.05) is 33.0 Å². The lowest BCUT2D eigenvalue weighted by molar-refractivity contribution is -0.00461. The number of nitrogens with zero attached hydrogens (tertiary/aromatic N) is 1. The Hall–Kier alpha value is -0.860. The van der Waals surface area contributed by atoms with Gasteiger partial charge in [0.1, 0.15) is 0 Å². The third kappa shape index (κ3) is 3.02. The monoisotopic (exact) mass is 334 g/mol. The Morgan fingerprint density at radius 3 is 2.19 bits per heavy atom. The van der Waals surface area contributed by atoms with Crippen molar-refractivity contribution in [2.45, 2.75) is 24.0 Å². The van der Waals surface area contributed by atoms with E-state index in [2.05, 4.69) is 0 Å². The van der Waals surface area contributed by atoms with Crippen LogP contribution in [0.5, 0.6) is 0 Å². The molecule has 1 heterocycles. The molecule has 0 aromatic heterocycles. The summed E-state index contributed by atoms with van der Waals surface area (Å²) in [7, 11) is -0.574. The molecule has 1 aromatic rings. The molecule has 6 nitrogen and oxygen atoms in total. The first kappa shape index (κ1) is 16.5. The van der Waals surface area contributed by atoms with Gasteiger partial charge in [0.25, 0.3) is 0 Å². The lowest BCUT2D eigenvalue weighted by atomic mass is 10.2. The van der Waals surface area contributed by atoms with Crippen LogP contribution in [0, 0.1) is 6.92 Å². The predicted molar refractivity (Wildman–Crippen MR) is 81.0 cm³/mol. The van der Waals surface area contributed by atoms with Crippen LogP contribution >= 0.6 is 11.6 Å². The predicted octanol–water partition coefficient (Wildman–Crippen LogP) is 1.26. The van der Waals surface area contributed by atoms with Crippen LogP contribution in [0.3, 0.4) is 0 Å². The highest BCUT2D eigenvalue weighted by molar-refractivity contribution is 7.89. The standard InChI is InChI=1S/C13H19ClN2O4S/c1-8-4-9(5-10(15)13(8)14)21(17,18)16-6-11(19-2)12(7-16)20-3/h4-5,11-12H,6-7,15H2,1-3H3. The number of hydrogen-bond acceptors (Lipinski definition) is 5. The van der Waals surface area contributed by atoms with Crippen LogP contribution in [0.25, 0.3) is 0 Å². The van der Waals surface area contributed by atoms with E-state index >= 15 is 0 Å². The average molecular weight is 335 g/mol. The van der Waals surface area contributed by atoms with Gasteiger partial charge in [-0.1, -0.05) is 11.6 Å². The molecule has 2 rings (SSSR count). The molecule has 0 bridgehead atoms. The summed E-state index contributed by atoms with van der Waals surface area (Å²) >= 11 is 5.98. The number of nitrogen functional groups attached to an aromatic ring is 1. The van der Waals surface area contributed by atoms with E-state index in [4.69, 9.17) is 26.8 Å². The largest absolute Gasteiger partial charge is 0.397 e. The number of benzene rings is 1. The zero-order chi connectivity index (χ0) is 15.8. The van der Waals surface area contributed by atoms with Gasteiger partial charge in [-0.3, -0.25) is 0 Å². The Labute approximate surface area is 129 Å². The van der Waals surface area contributed by atoms with Crippen molar-refractivity contribution >= 4 is 27.3 Å². The number of rotatable bonds is 4. The molecule has 21 heavy (non-hydrogen) atoms. The molecule has 1 fully saturated rings. The van der Waals surface area contributed by atoms with Crippen LogP contribution in [0.2, 0.25) is 5.02 Å². The fourth-order valence-corrected chi connectivity index (χ4v) is 4.12. The van der Waals surface area contributed by atoms with Gasteiger partial charge in [0.05, 0.1) is 27.8 Å². The molecule has 2 unspecified atom stereocenters. The second-order valence-corrected chi connectivity index (χ2v) is 7.33. The molecule has 1 aliphatic rings. The first-order chi connectivity index (χ1) is 9.81. The Balaban J connectivity index is 2.35. The second-order valence-electron chi connectivity index (χ2n) is 5.01. The number of methoxy groups -OCH3 is 2. The third-order valence-corrected chi connectivity index (χ3v) is 6.01. The summed E-state index contributed by atoms with van der Waals surface area (Å²) < 4.78 is 37.3. The minimum absolute atomic E-state index is 0.133. The molecule has 0 saturated carbocycles. The Kier molecular flexibility index (Phi) is 4.79. The number of halogens is 1. The van der Waals surface area contributed by atoms with Gasteiger partial charge in [-0.05, 0) is 24.6 Å². The highest BCUT2D eigenvalue weighted by Crippen LogP contribution is 2.30. The molecule has 2 N–H and O–H groups in total. The second kappa shape index (κ2) is 6.10. The van der Waals surface area contributed by atoms with Crippen molar-refractivity contribution in [3.05, 3.63) is 22.7 Å². The zero-order valence-electron chi connectivity index (χ0n) is 12.2. The fourth-order valence-electron chi connectivity index (χ4n) is 2.42. The van der Waals surface area contributed by atoms with E-state index < -0.39 is 10.0 Å². The first-order valence-electron chi connectivity index (χ1n) is 6.42. The SMILES string of the molecule is COC1CN(S(=O)(=O)c2cc(C)c(Cl)c(N)c2)CC1OC. The first-order valence-corrected chi connectivity index (χ1v) is 8.24. The molecule has 118 valence electrons. The van der Waals surface area contributed by atoms with Crippen LogP contribution in [-0.4, -0.2) is 52.2 Å². The normalized spacial score (nSPS) is 23.6. The van der Waals surface area contributed by atoms with Gasteiger partial charge in [0.15, 0.2) is 0 Å². The molecular weight excluding hydrogens is 316 g/mol. The molecule has 1 aliphatic heterocycles. The zero-order valence-corrected chi connectivity index (χ0v) is 13.7. The van der Waals surface area contributed by atoms with Gasteiger partial charge >= 0.3 is 0 Å². The van der Waals surface area contributed by atoms with Crippen molar-refractivity contribution in [1.82, 2.24) is 4.31 Å².